The molecule has 0 aromatic heterocycles. The van der Waals surface area contributed by atoms with Crippen LogP contribution in [0.15, 0.2) is 0 Å². The molecule has 0 aliphatic rings. The number of nitrogens with two attached hydrogens (primary N) is 2. The number of amidine groups is 2. The van der Waals surface area contributed by atoms with Crippen molar-refractivity contribution in [2.24, 2.45) is 11.5 Å². The number of hydrogen-bond donors (Lipinski definition) is 4. The average molecular weight is 282 g/mol. The standard InChI is InChI=1S/C16H34N4/c17-15(18)13-11-9-7-5-3-1-2-4-6-8-10-12-14-16(19)20/h1-14H2,(H3,17,18)(H3,19,20). The van der Waals surface area contributed by atoms with Crippen LogP contribution in [0.5, 0.6) is 0 Å². The molecule has 0 amide bonds. The Morgan fingerprint density at radius 2 is 0.650 bits per heavy atom. The Bertz CT molecular complexity index is 225. The van der Waals surface area contributed by atoms with Crippen LogP contribution in [-0.2, 0) is 0 Å². The first-order chi connectivity index (χ1) is 9.63. The van der Waals surface area contributed by atoms with Gasteiger partial charge in [-0.05, 0) is 12.8 Å². The van der Waals surface area contributed by atoms with Crippen LogP contribution < -0.4 is 11.5 Å². The first kappa shape index (κ1) is 18.9. The molecule has 0 saturated carbocycles. The Hall–Kier alpha value is -1.06. The van der Waals surface area contributed by atoms with Crippen LogP contribution in [0.3, 0.4) is 0 Å². The van der Waals surface area contributed by atoms with Crippen molar-refractivity contribution in [3.05, 3.63) is 0 Å². The first-order valence-corrected chi connectivity index (χ1v) is 8.28. The lowest BCUT2D eigenvalue weighted by atomic mass is 10.0. The summed E-state index contributed by atoms with van der Waals surface area (Å²) in [6.07, 6.45) is 16.8. The summed E-state index contributed by atoms with van der Waals surface area (Å²) in [5, 5.41) is 14.3. The fourth-order valence-electron chi connectivity index (χ4n) is 2.40. The van der Waals surface area contributed by atoms with Gasteiger partial charge < -0.3 is 11.5 Å². The molecule has 6 N–H and O–H groups in total. The monoisotopic (exact) mass is 282 g/mol. The van der Waals surface area contributed by atoms with E-state index in [1.54, 1.807) is 0 Å². The summed E-state index contributed by atoms with van der Waals surface area (Å²) in [6, 6.07) is 0. The summed E-state index contributed by atoms with van der Waals surface area (Å²) in [4.78, 5) is 0. The van der Waals surface area contributed by atoms with Crippen molar-refractivity contribution in [3.8, 4) is 0 Å². The van der Waals surface area contributed by atoms with E-state index in [0.717, 1.165) is 25.7 Å². The van der Waals surface area contributed by atoms with Crippen molar-refractivity contribution < 1.29 is 0 Å². The first-order valence-electron chi connectivity index (χ1n) is 8.28. The van der Waals surface area contributed by atoms with Gasteiger partial charge in [0, 0.05) is 12.8 Å². The molecule has 0 aliphatic carbocycles. The van der Waals surface area contributed by atoms with Gasteiger partial charge in [0.05, 0.1) is 11.7 Å². The van der Waals surface area contributed by atoms with Crippen LogP contribution in [-0.4, -0.2) is 11.7 Å². The second-order valence-electron chi connectivity index (χ2n) is 5.79. The zero-order valence-corrected chi connectivity index (χ0v) is 13.1. The molecule has 0 heterocycles. The second kappa shape index (κ2) is 14.4. The molecule has 20 heavy (non-hydrogen) atoms. The van der Waals surface area contributed by atoms with E-state index >= 15 is 0 Å². The lowest BCUT2D eigenvalue weighted by Crippen LogP contribution is -2.08. The van der Waals surface area contributed by atoms with E-state index in [0.29, 0.717) is 11.7 Å². The van der Waals surface area contributed by atoms with Gasteiger partial charge in [-0.25, -0.2) is 0 Å². The third-order valence-corrected chi connectivity index (χ3v) is 3.64. The summed E-state index contributed by atoms with van der Waals surface area (Å²) >= 11 is 0. The van der Waals surface area contributed by atoms with Crippen molar-refractivity contribution in [2.45, 2.75) is 89.9 Å². The summed E-state index contributed by atoms with van der Waals surface area (Å²) < 4.78 is 0. The number of rotatable bonds is 15. The molecule has 118 valence electrons. The maximum absolute atomic E-state index is 7.13. The van der Waals surface area contributed by atoms with Crippen LogP contribution in [0.2, 0.25) is 0 Å². The molecule has 0 fully saturated rings. The fourth-order valence-corrected chi connectivity index (χ4v) is 2.40. The minimum atomic E-state index is 0.327. The minimum Gasteiger partial charge on any atom is -0.388 e. The average Bonchev–Trinajstić information content (AvgIpc) is 2.38. The van der Waals surface area contributed by atoms with Gasteiger partial charge in [0.25, 0.3) is 0 Å². The third kappa shape index (κ3) is 16.9. The second-order valence-corrected chi connectivity index (χ2v) is 5.79. The SMILES string of the molecule is N=C(N)CCCCCCCCCCCCCCC(=N)N. The van der Waals surface area contributed by atoms with Gasteiger partial charge in [0.15, 0.2) is 0 Å². The topological polar surface area (TPSA) is 99.7 Å². The Morgan fingerprint density at radius 1 is 0.450 bits per heavy atom. The third-order valence-electron chi connectivity index (χ3n) is 3.64. The van der Waals surface area contributed by atoms with E-state index < -0.39 is 0 Å². The molecular weight excluding hydrogens is 248 g/mol. The van der Waals surface area contributed by atoms with Crippen molar-refractivity contribution in [2.75, 3.05) is 0 Å². The van der Waals surface area contributed by atoms with Crippen LogP contribution in [0.4, 0.5) is 0 Å². The molecule has 0 aliphatic heterocycles. The van der Waals surface area contributed by atoms with Gasteiger partial charge in [-0.3, -0.25) is 10.8 Å². The van der Waals surface area contributed by atoms with Gasteiger partial charge >= 0.3 is 0 Å². The van der Waals surface area contributed by atoms with E-state index in [1.165, 1.54) is 64.2 Å². The molecule has 0 aromatic carbocycles. The highest BCUT2D eigenvalue weighted by Crippen LogP contribution is 2.12. The fraction of sp³-hybridized carbons (Fsp3) is 0.875. The van der Waals surface area contributed by atoms with Crippen LogP contribution in [0.1, 0.15) is 89.9 Å². The quantitative estimate of drug-likeness (QED) is 0.204. The van der Waals surface area contributed by atoms with Crippen LogP contribution >= 0.6 is 0 Å². The van der Waals surface area contributed by atoms with E-state index in [1.807, 2.05) is 0 Å². The van der Waals surface area contributed by atoms with Crippen LogP contribution in [0, 0.1) is 10.8 Å². The van der Waals surface area contributed by atoms with E-state index in [4.69, 9.17) is 22.3 Å². The predicted octanol–water partition coefficient (Wildman–Crippen LogP) is 4.32. The largest absolute Gasteiger partial charge is 0.388 e. The molecule has 0 rings (SSSR count). The van der Waals surface area contributed by atoms with E-state index in [-0.39, 0.29) is 0 Å². The molecule has 0 spiro atoms. The van der Waals surface area contributed by atoms with Crippen molar-refractivity contribution in [1.82, 2.24) is 0 Å². The summed E-state index contributed by atoms with van der Waals surface area (Å²) in [5.74, 6) is 0.654. The molecule has 0 radical (unpaired) electrons. The van der Waals surface area contributed by atoms with Gasteiger partial charge in [0.2, 0.25) is 0 Å². The normalized spacial score (nSPS) is 10.6. The smallest absolute Gasteiger partial charge is 0.0905 e. The summed E-state index contributed by atoms with van der Waals surface area (Å²) in [6.45, 7) is 0. The van der Waals surface area contributed by atoms with E-state index in [9.17, 15) is 0 Å². The number of nitrogens with one attached hydrogen (secondary N) is 2. The zero-order chi connectivity index (χ0) is 15.1. The Morgan fingerprint density at radius 3 is 0.850 bits per heavy atom. The molecule has 4 nitrogen and oxygen atoms in total. The molecule has 0 aromatic rings. The Balaban J connectivity index is 2.99. The van der Waals surface area contributed by atoms with Gasteiger partial charge in [-0.1, -0.05) is 64.2 Å². The van der Waals surface area contributed by atoms with Crippen molar-refractivity contribution in [1.29, 1.82) is 10.8 Å². The Kier molecular flexibility index (Phi) is 13.6. The number of hydrogen-bond acceptors (Lipinski definition) is 2. The molecule has 4 heteroatoms. The van der Waals surface area contributed by atoms with E-state index in [2.05, 4.69) is 0 Å². The molecule has 0 atom stereocenters. The highest BCUT2D eigenvalue weighted by molar-refractivity contribution is 5.76. The van der Waals surface area contributed by atoms with Gasteiger partial charge in [-0.15, -0.1) is 0 Å². The molecule has 0 unspecified atom stereocenters. The zero-order valence-electron chi connectivity index (χ0n) is 13.1. The van der Waals surface area contributed by atoms with Crippen molar-refractivity contribution >= 4 is 11.7 Å². The maximum Gasteiger partial charge on any atom is 0.0905 e. The summed E-state index contributed by atoms with van der Waals surface area (Å²) in [7, 11) is 0. The number of unbranched alkanes of at least 4 members (excludes halogenated alkanes) is 11. The lowest BCUT2D eigenvalue weighted by molar-refractivity contribution is 0.543. The predicted molar refractivity (Wildman–Crippen MR) is 88.5 cm³/mol. The molecule has 0 bridgehead atoms. The Labute approximate surface area is 124 Å². The summed E-state index contributed by atoms with van der Waals surface area (Å²) in [5.41, 5.74) is 10.6. The van der Waals surface area contributed by atoms with Gasteiger partial charge in [-0.2, -0.15) is 0 Å². The van der Waals surface area contributed by atoms with Crippen LogP contribution in [0.25, 0.3) is 0 Å². The maximum atomic E-state index is 7.13. The van der Waals surface area contributed by atoms with Crippen molar-refractivity contribution in [3.63, 3.8) is 0 Å². The molecule has 0 saturated heterocycles. The highest BCUT2D eigenvalue weighted by atomic mass is 14.7. The lowest BCUT2D eigenvalue weighted by Gasteiger charge is -2.03. The minimum absolute atomic E-state index is 0.327. The van der Waals surface area contributed by atoms with Gasteiger partial charge in [0.1, 0.15) is 0 Å². The highest BCUT2D eigenvalue weighted by Gasteiger charge is 1.95. The molecular formula is C16H34N4.